The molecule has 6 heteroatoms. The summed E-state index contributed by atoms with van der Waals surface area (Å²) in [5.74, 6) is 0. The van der Waals surface area contributed by atoms with Crippen molar-refractivity contribution in [1.29, 1.82) is 0 Å². The molecule has 0 heterocycles. The van der Waals surface area contributed by atoms with Crippen molar-refractivity contribution < 1.29 is 9.53 Å². The third kappa shape index (κ3) is 6.24. The SMILES string of the molecule is C[C@H](NC(=O)OC(C)(C)C)c1ccc(C(=S)N(C)[Si](C)(C)C)cc1. The van der Waals surface area contributed by atoms with Gasteiger partial charge in [-0.25, -0.2) is 4.79 Å². The molecule has 1 amide bonds. The molecule has 0 aliphatic carbocycles. The van der Waals surface area contributed by atoms with E-state index >= 15 is 0 Å². The second-order valence-corrected chi connectivity index (χ2v) is 13.4. The molecule has 0 unspecified atom stereocenters. The van der Waals surface area contributed by atoms with Crippen LogP contribution in [0.15, 0.2) is 24.3 Å². The van der Waals surface area contributed by atoms with Crippen LogP contribution in [0.25, 0.3) is 0 Å². The van der Waals surface area contributed by atoms with Crippen LogP contribution in [0.2, 0.25) is 19.6 Å². The van der Waals surface area contributed by atoms with Crippen molar-refractivity contribution in [3.8, 4) is 0 Å². The highest BCUT2D eigenvalue weighted by molar-refractivity contribution is 7.80. The fraction of sp³-hybridized carbons (Fsp3) is 0.556. The molecular formula is C18H30N2O2SSi. The van der Waals surface area contributed by atoms with Crippen LogP contribution >= 0.6 is 12.2 Å². The van der Waals surface area contributed by atoms with Gasteiger partial charge >= 0.3 is 6.09 Å². The van der Waals surface area contributed by atoms with Gasteiger partial charge in [-0.15, -0.1) is 0 Å². The molecule has 0 aromatic heterocycles. The standard InChI is InChI=1S/C18H30N2O2SSi/c1-13(19-17(21)22-18(2,3)4)14-9-11-15(12-10-14)16(23)20(5)24(6,7)8/h9-13H,1-8H3,(H,19,21)/t13-/m0/s1. The Kier molecular flexibility index (Phi) is 6.58. The molecule has 134 valence electrons. The summed E-state index contributed by atoms with van der Waals surface area (Å²) in [4.78, 5) is 12.7. The number of nitrogens with one attached hydrogen (secondary N) is 1. The largest absolute Gasteiger partial charge is 0.444 e. The summed E-state index contributed by atoms with van der Waals surface area (Å²) >= 11 is 5.60. The normalized spacial score (nSPS) is 13.2. The molecule has 0 saturated heterocycles. The van der Waals surface area contributed by atoms with E-state index in [1.807, 2.05) is 52.0 Å². The maximum atomic E-state index is 11.9. The fourth-order valence-corrected chi connectivity index (χ4v) is 3.68. The van der Waals surface area contributed by atoms with E-state index in [1.165, 1.54) is 0 Å². The van der Waals surface area contributed by atoms with Gasteiger partial charge in [-0.05, 0) is 40.3 Å². The number of alkyl carbamates (subject to hydrolysis) is 1. The molecule has 4 nitrogen and oxygen atoms in total. The zero-order valence-electron chi connectivity index (χ0n) is 16.1. The summed E-state index contributed by atoms with van der Waals surface area (Å²) in [6.07, 6.45) is -0.409. The molecule has 0 spiro atoms. The molecule has 1 rings (SSSR count). The Labute approximate surface area is 152 Å². The highest BCUT2D eigenvalue weighted by Gasteiger charge is 2.23. The van der Waals surface area contributed by atoms with Crippen LogP contribution in [0.4, 0.5) is 4.79 Å². The summed E-state index contributed by atoms with van der Waals surface area (Å²) in [5, 5.41) is 2.85. The maximum absolute atomic E-state index is 11.9. The predicted octanol–water partition coefficient (Wildman–Crippen LogP) is 4.71. The molecule has 1 aromatic rings. The summed E-state index contributed by atoms with van der Waals surface area (Å²) in [7, 11) is 0.597. The lowest BCUT2D eigenvalue weighted by atomic mass is 10.1. The summed E-state index contributed by atoms with van der Waals surface area (Å²) < 4.78 is 7.51. The molecule has 0 aliphatic rings. The predicted molar refractivity (Wildman–Crippen MR) is 107 cm³/mol. The van der Waals surface area contributed by atoms with E-state index in [2.05, 4.69) is 36.6 Å². The van der Waals surface area contributed by atoms with E-state index in [4.69, 9.17) is 17.0 Å². The first-order chi connectivity index (χ1) is 10.8. The first-order valence-corrected chi connectivity index (χ1v) is 12.0. The number of hydrogen-bond acceptors (Lipinski definition) is 3. The van der Waals surface area contributed by atoms with Crippen molar-refractivity contribution in [1.82, 2.24) is 9.88 Å². The molecule has 0 fully saturated rings. The Bertz CT molecular complexity index is 589. The van der Waals surface area contributed by atoms with Crippen molar-refractivity contribution in [2.75, 3.05) is 7.05 Å². The molecule has 24 heavy (non-hydrogen) atoms. The van der Waals surface area contributed by atoms with Gasteiger partial charge in [0.25, 0.3) is 0 Å². The maximum Gasteiger partial charge on any atom is 0.408 e. The van der Waals surface area contributed by atoms with E-state index in [0.29, 0.717) is 0 Å². The first kappa shape index (κ1) is 20.6. The van der Waals surface area contributed by atoms with Gasteiger partial charge in [0.1, 0.15) is 18.8 Å². The molecule has 1 atom stereocenters. The zero-order chi connectivity index (χ0) is 18.7. The Morgan fingerprint density at radius 1 is 1.21 bits per heavy atom. The number of hydrogen-bond donors (Lipinski definition) is 1. The minimum absolute atomic E-state index is 0.128. The monoisotopic (exact) mass is 366 g/mol. The quantitative estimate of drug-likeness (QED) is 0.619. The molecule has 1 aromatic carbocycles. The Morgan fingerprint density at radius 3 is 2.12 bits per heavy atom. The number of benzene rings is 1. The number of ether oxygens (including phenoxy) is 1. The van der Waals surface area contributed by atoms with Gasteiger partial charge < -0.3 is 14.6 Å². The molecule has 0 aliphatic heterocycles. The smallest absolute Gasteiger partial charge is 0.408 e. The minimum atomic E-state index is -1.47. The van der Waals surface area contributed by atoms with E-state index in [1.54, 1.807) is 0 Å². The van der Waals surface area contributed by atoms with Gasteiger partial charge in [-0.1, -0.05) is 56.1 Å². The first-order valence-electron chi connectivity index (χ1n) is 8.19. The van der Waals surface area contributed by atoms with Crippen LogP contribution in [-0.2, 0) is 4.74 Å². The van der Waals surface area contributed by atoms with Gasteiger partial charge in [0.15, 0.2) is 0 Å². The van der Waals surface area contributed by atoms with Gasteiger partial charge in [-0.2, -0.15) is 0 Å². The van der Waals surface area contributed by atoms with E-state index in [-0.39, 0.29) is 6.04 Å². The average Bonchev–Trinajstić information content (AvgIpc) is 2.42. The van der Waals surface area contributed by atoms with Crippen LogP contribution < -0.4 is 5.32 Å². The van der Waals surface area contributed by atoms with Crippen LogP contribution in [0.5, 0.6) is 0 Å². The fourth-order valence-electron chi connectivity index (χ4n) is 1.98. The number of rotatable bonds is 4. The van der Waals surface area contributed by atoms with E-state index < -0.39 is 19.9 Å². The molecule has 1 N–H and O–H groups in total. The van der Waals surface area contributed by atoms with Crippen LogP contribution in [-0.4, -0.2) is 36.5 Å². The summed E-state index contributed by atoms with van der Waals surface area (Å²) in [6, 6.07) is 7.91. The molecule has 0 saturated carbocycles. The van der Waals surface area contributed by atoms with Crippen LogP contribution in [0, 0.1) is 0 Å². The number of amides is 1. The van der Waals surface area contributed by atoms with Gasteiger partial charge in [0, 0.05) is 5.56 Å². The second kappa shape index (κ2) is 7.65. The van der Waals surface area contributed by atoms with Crippen molar-refractivity contribution >= 4 is 31.5 Å². The van der Waals surface area contributed by atoms with Gasteiger partial charge in [-0.3, -0.25) is 0 Å². The van der Waals surface area contributed by atoms with Crippen LogP contribution in [0.3, 0.4) is 0 Å². The van der Waals surface area contributed by atoms with E-state index in [9.17, 15) is 4.79 Å². The van der Waals surface area contributed by atoms with Gasteiger partial charge in [0.2, 0.25) is 0 Å². The number of carbonyl (C=O) groups is 1. The Balaban J connectivity index is 2.77. The zero-order valence-corrected chi connectivity index (χ0v) is 17.9. The van der Waals surface area contributed by atoms with Crippen molar-refractivity contribution in [3.63, 3.8) is 0 Å². The second-order valence-electron chi connectivity index (χ2n) is 8.02. The summed E-state index contributed by atoms with van der Waals surface area (Å²) in [5.41, 5.74) is 1.55. The summed E-state index contributed by atoms with van der Waals surface area (Å²) in [6.45, 7) is 14.3. The molecular weight excluding hydrogens is 336 g/mol. The topological polar surface area (TPSA) is 41.6 Å². The number of carbonyl (C=O) groups excluding carboxylic acids is 1. The lowest BCUT2D eigenvalue weighted by molar-refractivity contribution is 0.0508. The average molecular weight is 367 g/mol. The van der Waals surface area contributed by atoms with Crippen LogP contribution in [0.1, 0.15) is 44.9 Å². The van der Waals surface area contributed by atoms with Gasteiger partial charge in [0.05, 0.1) is 6.04 Å². The highest BCUT2D eigenvalue weighted by atomic mass is 32.1. The lowest BCUT2D eigenvalue weighted by Gasteiger charge is -2.32. The third-order valence-electron chi connectivity index (χ3n) is 3.70. The Hall–Kier alpha value is -1.40. The number of nitrogens with zero attached hydrogens (tertiary/aromatic N) is 1. The van der Waals surface area contributed by atoms with Crippen molar-refractivity contribution in [3.05, 3.63) is 35.4 Å². The van der Waals surface area contributed by atoms with Crippen molar-refractivity contribution in [2.45, 2.75) is 59.0 Å². The minimum Gasteiger partial charge on any atom is -0.444 e. The Morgan fingerprint density at radius 2 is 1.71 bits per heavy atom. The lowest BCUT2D eigenvalue weighted by Crippen LogP contribution is -2.46. The number of thiocarbonyl (C=S) groups is 1. The highest BCUT2D eigenvalue weighted by Crippen LogP contribution is 2.18. The van der Waals surface area contributed by atoms with Crippen molar-refractivity contribution in [2.24, 2.45) is 0 Å². The van der Waals surface area contributed by atoms with E-state index in [0.717, 1.165) is 16.1 Å². The molecule has 0 bridgehead atoms. The third-order valence-corrected chi connectivity index (χ3v) is 6.61. The molecule has 0 radical (unpaired) electrons.